The molecule has 2 heterocycles. The first kappa shape index (κ1) is 16.8. The van der Waals surface area contributed by atoms with E-state index in [9.17, 15) is 9.59 Å². The number of aryl methyl sites for hydroxylation is 1. The Bertz CT molecular complexity index is 863. The zero-order valence-electron chi connectivity index (χ0n) is 15.1. The number of piperidine rings is 1. The van der Waals surface area contributed by atoms with Crippen LogP contribution >= 0.6 is 0 Å². The summed E-state index contributed by atoms with van der Waals surface area (Å²) in [7, 11) is 0. The van der Waals surface area contributed by atoms with E-state index in [0.717, 1.165) is 41.8 Å². The Morgan fingerprint density at radius 1 is 1.15 bits per heavy atom. The van der Waals surface area contributed by atoms with Gasteiger partial charge in [-0.3, -0.25) is 9.59 Å². The third-order valence-electron chi connectivity index (χ3n) is 5.66. The van der Waals surface area contributed by atoms with Gasteiger partial charge in [-0.05, 0) is 50.7 Å². The fourth-order valence-corrected chi connectivity index (χ4v) is 4.13. The lowest BCUT2D eigenvalue weighted by Gasteiger charge is -2.30. The average molecular weight is 352 g/mol. The minimum Gasteiger partial charge on any atom is -0.369 e. The van der Waals surface area contributed by atoms with Crippen LogP contribution in [0.5, 0.6) is 0 Å². The number of likely N-dealkylation sites (tertiary alicyclic amines) is 1. The Morgan fingerprint density at radius 3 is 2.58 bits per heavy atom. The Balaban J connectivity index is 1.64. The van der Waals surface area contributed by atoms with Crippen LogP contribution in [0, 0.1) is 12.8 Å². The van der Waals surface area contributed by atoms with Crippen LogP contribution in [-0.4, -0.2) is 39.6 Å². The number of nitrogens with two attached hydrogens (primary N) is 1. The van der Waals surface area contributed by atoms with E-state index in [4.69, 9.17) is 10.8 Å². The van der Waals surface area contributed by atoms with Gasteiger partial charge in [0, 0.05) is 30.3 Å². The molecule has 6 heteroatoms. The van der Waals surface area contributed by atoms with Gasteiger partial charge in [-0.1, -0.05) is 18.2 Å². The molecule has 0 radical (unpaired) electrons. The van der Waals surface area contributed by atoms with Crippen molar-refractivity contribution in [2.45, 2.75) is 39.0 Å². The van der Waals surface area contributed by atoms with Crippen molar-refractivity contribution in [3.8, 4) is 5.69 Å². The Morgan fingerprint density at radius 2 is 1.88 bits per heavy atom. The fraction of sp³-hybridized carbons (Fsp3) is 0.450. The molecule has 0 unspecified atom stereocenters. The number of nitrogens with zero attached hydrogens (tertiary/aromatic N) is 3. The number of hydrogen-bond donors (Lipinski definition) is 1. The molecule has 2 aliphatic rings. The summed E-state index contributed by atoms with van der Waals surface area (Å²) in [5.41, 5.74) is 10.4. The molecule has 1 aliphatic carbocycles. The Hall–Kier alpha value is -2.63. The summed E-state index contributed by atoms with van der Waals surface area (Å²) in [5, 5.41) is 4.73. The van der Waals surface area contributed by atoms with E-state index in [1.165, 1.54) is 0 Å². The van der Waals surface area contributed by atoms with Crippen LogP contribution in [-0.2, 0) is 17.6 Å². The Labute approximate surface area is 153 Å². The average Bonchev–Trinajstić information content (AvgIpc) is 3.24. The van der Waals surface area contributed by atoms with Gasteiger partial charge < -0.3 is 10.6 Å². The highest BCUT2D eigenvalue weighted by Crippen LogP contribution is 2.30. The van der Waals surface area contributed by atoms with Crippen LogP contribution in [0.3, 0.4) is 0 Å². The minimum absolute atomic E-state index is 0.0154. The smallest absolute Gasteiger partial charge is 0.274 e. The van der Waals surface area contributed by atoms with Crippen molar-refractivity contribution in [3.05, 3.63) is 46.8 Å². The van der Waals surface area contributed by atoms with E-state index in [2.05, 4.69) is 13.0 Å². The number of primary amides is 1. The SMILES string of the molecule is Cc1ccccc1-n1nc(C(=O)N2CCC(C(N)=O)CC2)c2c1CCC2. The van der Waals surface area contributed by atoms with Crippen LogP contribution in [0.2, 0.25) is 0 Å². The molecule has 0 spiro atoms. The van der Waals surface area contributed by atoms with Gasteiger partial charge in [0.2, 0.25) is 5.91 Å². The molecule has 136 valence electrons. The van der Waals surface area contributed by atoms with E-state index in [1.54, 1.807) is 0 Å². The predicted molar refractivity (Wildman–Crippen MR) is 98.1 cm³/mol. The second-order valence-corrected chi connectivity index (χ2v) is 7.29. The van der Waals surface area contributed by atoms with E-state index < -0.39 is 0 Å². The third-order valence-corrected chi connectivity index (χ3v) is 5.66. The molecule has 26 heavy (non-hydrogen) atoms. The number of benzene rings is 1. The molecule has 1 aromatic carbocycles. The van der Waals surface area contributed by atoms with Crippen molar-refractivity contribution >= 4 is 11.8 Å². The van der Waals surface area contributed by atoms with Gasteiger partial charge in [0.15, 0.2) is 5.69 Å². The van der Waals surface area contributed by atoms with Crippen LogP contribution in [0.1, 0.15) is 46.6 Å². The van der Waals surface area contributed by atoms with Crippen molar-refractivity contribution in [2.75, 3.05) is 13.1 Å². The van der Waals surface area contributed by atoms with Gasteiger partial charge in [-0.2, -0.15) is 5.10 Å². The number of para-hydroxylation sites is 1. The zero-order chi connectivity index (χ0) is 18.3. The standard InChI is InChI=1S/C20H24N4O2/c1-13-5-2-3-7-16(13)24-17-8-4-6-15(17)18(22-24)20(26)23-11-9-14(10-12-23)19(21)25/h2-3,5,7,14H,4,6,8-12H2,1H3,(H2,21,25). The summed E-state index contributed by atoms with van der Waals surface area (Å²) in [5.74, 6) is -0.394. The summed E-state index contributed by atoms with van der Waals surface area (Å²) in [6.45, 7) is 3.20. The van der Waals surface area contributed by atoms with Gasteiger partial charge in [0.1, 0.15) is 0 Å². The van der Waals surface area contributed by atoms with Crippen LogP contribution < -0.4 is 5.73 Å². The third kappa shape index (κ3) is 2.79. The topological polar surface area (TPSA) is 81.2 Å². The van der Waals surface area contributed by atoms with Crippen molar-refractivity contribution in [1.29, 1.82) is 0 Å². The van der Waals surface area contributed by atoms with Crippen LogP contribution in [0.15, 0.2) is 24.3 Å². The number of carbonyl (C=O) groups excluding carboxylic acids is 2. The highest BCUT2D eigenvalue weighted by molar-refractivity contribution is 5.94. The summed E-state index contributed by atoms with van der Waals surface area (Å²) in [6.07, 6.45) is 4.19. The molecule has 1 saturated heterocycles. The van der Waals surface area contributed by atoms with Crippen LogP contribution in [0.4, 0.5) is 0 Å². The molecule has 4 rings (SSSR count). The number of fused-ring (bicyclic) bond motifs is 1. The van der Waals surface area contributed by atoms with Crippen molar-refractivity contribution in [1.82, 2.24) is 14.7 Å². The van der Waals surface area contributed by atoms with E-state index in [1.807, 2.05) is 27.8 Å². The molecule has 0 saturated carbocycles. The first-order valence-corrected chi connectivity index (χ1v) is 9.31. The van der Waals surface area contributed by atoms with Crippen molar-refractivity contribution in [2.24, 2.45) is 11.7 Å². The normalized spacial score (nSPS) is 17.3. The van der Waals surface area contributed by atoms with E-state index >= 15 is 0 Å². The zero-order valence-corrected chi connectivity index (χ0v) is 15.1. The maximum Gasteiger partial charge on any atom is 0.274 e. The minimum atomic E-state index is -0.262. The molecule has 6 nitrogen and oxygen atoms in total. The second-order valence-electron chi connectivity index (χ2n) is 7.29. The molecular weight excluding hydrogens is 328 g/mol. The summed E-state index contributed by atoms with van der Waals surface area (Å²) in [4.78, 5) is 26.3. The van der Waals surface area contributed by atoms with Gasteiger partial charge >= 0.3 is 0 Å². The largest absolute Gasteiger partial charge is 0.369 e. The monoisotopic (exact) mass is 352 g/mol. The molecule has 2 aromatic rings. The maximum absolute atomic E-state index is 13.1. The molecular formula is C20H24N4O2. The fourth-order valence-electron chi connectivity index (χ4n) is 4.13. The molecule has 0 bridgehead atoms. The highest BCUT2D eigenvalue weighted by Gasteiger charge is 2.32. The Kier molecular flexibility index (Phi) is 4.26. The van der Waals surface area contributed by atoms with Gasteiger partial charge in [-0.25, -0.2) is 4.68 Å². The summed E-state index contributed by atoms with van der Waals surface area (Å²) >= 11 is 0. The molecule has 1 fully saturated rings. The number of aromatic nitrogens is 2. The highest BCUT2D eigenvalue weighted by atomic mass is 16.2. The van der Waals surface area contributed by atoms with Gasteiger partial charge in [0.25, 0.3) is 5.91 Å². The number of amides is 2. The quantitative estimate of drug-likeness (QED) is 0.917. The molecule has 2 N–H and O–H groups in total. The van der Waals surface area contributed by atoms with Gasteiger partial charge in [0.05, 0.1) is 5.69 Å². The predicted octanol–water partition coefficient (Wildman–Crippen LogP) is 2.01. The molecule has 1 aliphatic heterocycles. The number of hydrogen-bond acceptors (Lipinski definition) is 3. The first-order valence-electron chi connectivity index (χ1n) is 9.31. The molecule has 1 aromatic heterocycles. The lowest BCUT2D eigenvalue weighted by molar-refractivity contribution is -0.123. The van der Waals surface area contributed by atoms with Crippen molar-refractivity contribution < 1.29 is 9.59 Å². The van der Waals surface area contributed by atoms with Crippen molar-refractivity contribution in [3.63, 3.8) is 0 Å². The summed E-state index contributed by atoms with van der Waals surface area (Å²) < 4.78 is 1.96. The van der Waals surface area contributed by atoms with E-state index in [0.29, 0.717) is 31.6 Å². The summed E-state index contributed by atoms with van der Waals surface area (Å²) in [6, 6.07) is 8.13. The van der Waals surface area contributed by atoms with E-state index in [-0.39, 0.29) is 17.7 Å². The molecule has 0 atom stereocenters. The number of rotatable bonds is 3. The lowest BCUT2D eigenvalue weighted by Crippen LogP contribution is -2.42. The first-order chi connectivity index (χ1) is 12.6. The van der Waals surface area contributed by atoms with Gasteiger partial charge in [-0.15, -0.1) is 0 Å². The number of carbonyl (C=O) groups is 2. The lowest BCUT2D eigenvalue weighted by atomic mass is 9.96. The van der Waals surface area contributed by atoms with Crippen LogP contribution in [0.25, 0.3) is 5.69 Å². The maximum atomic E-state index is 13.1. The molecule has 2 amide bonds. The second kappa shape index (κ2) is 6.59.